The van der Waals surface area contributed by atoms with Crippen molar-refractivity contribution >= 4 is 33.5 Å². The molecule has 78 valence electrons. The van der Waals surface area contributed by atoms with E-state index in [9.17, 15) is 9.59 Å². The Bertz CT molecular complexity index is 456. The standard InChI is InChI=1S/C10H8BrNO3/c11-7-4-8-5(1-2-9(13)12-8)3-6(7)10(14)15/h3-4H,1-2H2,(H,12,13)(H,14,15). The molecule has 0 bridgehead atoms. The van der Waals surface area contributed by atoms with Gasteiger partial charge in [0.05, 0.1) is 5.56 Å². The van der Waals surface area contributed by atoms with Gasteiger partial charge in [0, 0.05) is 16.6 Å². The molecule has 0 radical (unpaired) electrons. The van der Waals surface area contributed by atoms with Crippen molar-refractivity contribution in [2.45, 2.75) is 12.8 Å². The molecule has 15 heavy (non-hydrogen) atoms. The second-order valence-corrected chi connectivity index (χ2v) is 4.20. The molecule has 2 rings (SSSR count). The number of hydrogen-bond acceptors (Lipinski definition) is 2. The average Bonchev–Trinajstić information content (AvgIpc) is 2.15. The molecule has 0 unspecified atom stereocenters. The highest BCUT2D eigenvalue weighted by Gasteiger charge is 2.18. The Morgan fingerprint density at radius 3 is 2.80 bits per heavy atom. The highest BCUT2D eigenvalue weighted by atomic mass is 79.9. The van der Waals surface area contributed by atoms with Crippen LogP contribution in [0, 0.1) is 0 Å². The Morgan fingerprint density at radius 2 is 2.13 bits per heavy atom. The van der Waals surface area contributed by atoms with Crippen LogP contribution in [0.3, 0.4) is 0 Å². The molecular formula is C10H8BrNO3. The van der Waals surface area contributed by atoms with Gasteiger partial charge >= 0.3 is 5.97 Å². The van der Waals surface area contributed by atoms with Crippen LogP contribution in [-0.2, 0) is 11.2 Å². The van der Waals surface area contributed by atoms with Crippen LogP contribution in [0.4, 0.5) is 5.69 Å². The number of fused-ring (bicyclic) bond motifs is 1. The topological polar surface area (TPSA) is 66.4 Å². The zero-order chi connectivity index (χ0) is 11.0. The fourth-order valence-electron chi connectivity index (χ4n) is 1.57. The summed E-state index contributed by atoms with van der Waals surface area (Å²) in [5.41, 5.74) is 1.79. The number of rotatable bonds is 1. The van der Waals surface area contributed by atoms with Gasteiger partial charge in [-0.15, -0.1) is 0 Å². The third-order valence-electron chi connectivity index (χ3n) is 2.32. The Labute approximate surface area is 94.4 Å². The molecule has 5 heteroatoms. The number of benzene rings is 1. The lowest BCUT2D eigenvalue weighted by Crippen LogP contribution is -2.19. The van der Waals surface area contributed by atoms with E-state index in [0.717, 1.165) is 5.56 Å². The lowest BCUT2D eigenvalue weighted by atomic mass is 10.0. The molecule has 0 aliphatic carbocycles. The number of anilines is 1. The molecule has 0 atom stereocenters. The van der Waals surface area contributed by atoms with Crippen molar-refractivity contribution in [3.05, 3.63) is 27.7 Å². The van der Waals surface area contributed by atoms with Gasteiger partial charge in [0.2, 0.25) is 5.91 Å². The zero-order valence-electron chi connectivity index (χ0n) is 7.71. The minimum absolute atomic E-state index is 0.0301. The Morgan fingerprint density at radius 1 is 1.40 bits per heavy atom. The molecule has 1 amide bonds. The van der Waals surface area contributed by atoms with Crippen LogP contribution in [0.5, 0.6) is 0 Å². The minimum Gasteiger partial charge on any atom is -0.478 e. The first-order valence-electron chi connectivity index (χ1n) is 4.43. The number of carbonyl (C=O) groups excluding carboxylic acids is 1. The Balaban J connectivity index is 2.50. The predicted octanol–water partition coefficient (Wildman–Crippen LogP) is 2.03. The molecule has 1 aliphatic heterocycles. The molecule has 0 saturated heterocycles. The molecule has 4 nitrogen and oxygen atoms in total. The fourth-order valence-corrected chi connectivity index (χ4v) is 2.08. The van der Waals surface area contributed by atoms with Crippen molar-refractivity contribution < 1.29 is 14.7 Å². The van der Waals surface area contributed by atoms with Crippen molar-refractivity contribution in [3.63, 3.8) is 0 Å². The maximum Gasteiger partial charge on any atom is 0.336 e. The number of aromatic carboxylic acids is 1. The Hall–Kier alpha value is -1.36. The van der Waals surface area contributed by atoms with Crippen molar-refractivity contribution in [1.29, 1.82) is 0 Å². The van der Waals surface area contributed by atoms with E-state index in [-0.39, 0.29) is 11.5 Å². The van der Waals surface area contributed by atoms with Crippen LogP contribution < -0.4 is 5.32 Å². The normalized spacial score (nSPS) is 14.3. The summed E-state index contributed by atoms with van der Waals surface area (Å²) < 4.78 is 0.482. The van der Waals surface area contributed by atoms with E-state index >= 15 is 0 Å². The number of aryl methyl sites for hydroxylation is 1. The van der Waals surface area contributed by atoms with Crippen molar-refractivity contribution in [1.82, 2.24) is 0 Å². The molecule has 1 aliphatic rings. The van der Waals surface area contributed by atoms with Crippen LogP contribution in [0.1, 0.15) is 22.3 Å². The molecule has 1 heterocycles. The molecular weight excluding hydrogens is 262 g/mol. The van der Waals surface area contributed by atoms with E-state index in [2.05, 4.69) is 21.2 Å². The maximum atomic E-state index is 11.1. The number of carboxylic acids is 1. The van der Waals surface area contributed by atoms with Crippen LogP contribution in [-0.4, -0.2) is 17.0 Å². The van der Waals surface area contributed by atoms with E-state index in [1.807, 2.05) is 0 Å². The quantitative estimate of drug-likeness (QED) is 0.820. The van der Waals surface area contributed by atoms with E-state index in [4.69, 9.17) is 5.11 Å². The molecule has 0 aromatic heterocycles. The first kappa shape index (κ1) is 10.2. The summed E-state index contributed by atoms with van der Waals surface area (Å²) in [7, 11) is 0. The summed E-state index contributed by atoms with van der Waals surface area (Å²) in [6.45, 7) is 0. The third kappa shape index (κ3) is 1.87. The summed E-state index contributed by atoms with van der Waals surface area (Å²) in [6.07, 6.45) is 1.00. The predicted molar refractivity (Wildman–Crippen MR) is 58.1 cm³/mol. The van der Waals surface area contributed by atoms with Crippen molar-refractivity contribution in [2.75, 3.05) is 5.32 Å². The summed E-state index contributed by atoms with van der Waals surface area (Å²) in [5.74, 6) is -1.00. The van der Waals surface area contributed by atoms with Crippen molar-refractivity contribution in [2.24, 2.45) is 0 Å². The molecule has 1 aromatic rings. The van der Waals surface area contributed by atoms with E-state index < -0.39 is 5.97 Å². The fraction of sp³-hybridized carbons (Fsp3) is 0.200. The van der Waals surface area contributed by atoms with Crippen LogP contribution in [0.2, 0.25) is 0 Å². The lowest BCUT2D eigenvalue weighted by molar-refractivity contribution is -0.116. The summed E-state index contributed by atoms with van der Waals surface area (Å²) in [4.78, 5) is 22.0. The molecule has 0 fully saturated rings. The van der Waals surface area contributed by atoms with Gasteiger partial charge in [-0.05, 0) is 40.0 Å². The van der Waals surface area contributed by atoms with Gasteiger partial charge in [0.25, 0.3) is 0 Å². The minimum atomic E-state index is -0.971. The maximum absolute atomic E-state index is 11.1. The SMILES string of the molecule is O=C1CCc2cc(C(=O)O)c(Br)cc2N1. The smallest absolute Gasteiger partial charge is 0.336 e. The van der Waals surface area contributed by atoms with E-state index in [1.54, 1.807) is 12.1 Å². The number of carbonyl (C=O) groups is 2. The van der Waals surface area contributed by atoms with E-state index in [1.165, 1.54) is 0 Å². The van der Waals surface area contributed by atoms with Crippen LogP contribution in [0.25, 0.3) is 0 Å². The van der Waals surface area contributed by atoms with Gasteiger partial charge in [-0.25, -0.2) is 4.79 Å². The first-order chi connectivity index (χ1) is 7.08. The molecule has 0 spiro atoms. The van der Waals surface area contributed by atoms with Crippen molar-refractivity contribution in [3.8, 4) is 0 Å². The highest BCUT2D eigenvalue weighted by molar-refractivity contribution is 9.10. The Kier molecular flexibility index (Phi) is 2.48. The zero-order valence-corrected chi connectivity index (χ0v) is 9.30. The van der Waals surface area contributed by atoms with Gasteiger partial charge in [0.15, 0.2) is 0 Å². The van der Waals surface area contributed by atoms with Gasteiger partial charge < -0.3 is 10.4 Å². The lowest BCUT2D eigenvalue weighted by Gasteiger charge is -2.17. The van der Waals surface area contributed by atoms with Gasteiger partial charge in [0.1, 0.15) is 0 Å². The van der Waals surface area contributed by atoms with E-state index in [0.29, 0.717) is 23.0 Å². The second-order valence-electron chi connectivity index (χ2n) is 3.34. The summed E-state index contributed by atoms with van der Waals surface area (Å²) in [5, 5.41) is 11.6. The molecule has 0 saturated carbocycles. The average molecular weight is 270 g/mol. The number of amides is 1. The first-order valence-corrected chi connectivity index (χ1v) is 5.23. The third-order valence-corrected chi connectivity index (χ3v) is 2.97. The van der Waals surface area contributed by atoms with Gasteiger partial charge in [-0.2, -0.15) is 0 Å². The molecule has 1 aromatic carbocycles. The summed E-state index contributed by atoms with van der Waals surface area (Å²) in [6, 6.07) is 3.23. The monoisotopic (exact) mass is 269 g/mol. The van der Waals surface area contributed by atoms with Gasteiger partial charge in [-0.3, -0.25) is 4.79 Å². The van der Waals surface area contributed by atoms with Gasteiger partial charge in [-0.1, -0.05) is 0 Å². The van der Waals surface area contributed by atoms with Crippen LogP contribution >= 0.6 is 15.9 Å². The summed E-state index contributed by atoms with van der Waals surface area (Å²) >= 11 is 3.16. The number of halogens is 1. The number of carboxylic acid groups (broad SMARTS) is 1. The largest absolute Gasteiger partial charge is 0.478 e. The highest BCUT2D eigenvalue weighted by Crippen LogP contribution is 2.29. The second kappa shape index (κ2) is 3.66. The molecule has 2 N–H and O–H groups in total. The number of hydrogen-bond donors (Lipinski definition) is 2. The number of nitrogens with one attached hydrogen (secondary N) is 1. The van der Waals surface area contributed by atoms with Crippen LogP contribution in [0.15, 0.2) is 16.6 Å².